The van der Waals surface area contributed by atoms with E-state index in [0.29, 0.717) is 0 Å². The minimum absolute atomic E-state index is 0.741. The van der Waals surface area contributed by atoms with Crippen LogP contribution in [0.2, 0.25) is 0 Å². The summed E-state index contributed by atoms with van der Waals surface area (Å²) in [5, 5.41) is 9.97. The Kier molecular flexibility index (Phi) is 15.3. The Balaban J connectivity index is 0.00000317. The van der Waals surface area contributed by atoms with Crippen molar-refractivity contribution >= 4 is 28.3 Å². The lowest BCUT2D eigenvalue weighted by Crippen LogP contribution is -1.95. The van der Waals surface area contributed by atoms with Crippen LogP contribution in [0.25, 0.3) is 83.6 Å². The van der Waals surface area contributed by atoms with Gasteiger partial charge in [-0.15, -0.1) is 0 Å². The first kappa shape index (κ1) is 47.1. The number of nitrogens with two attached hydrogens (primary N) is 1. The third-order valence-electron chi connectivity index (χ3n) is 12.3. The van der Waals surface area contributed by atoms with E-state index in [2.05, 4.69) is 223 Å². The van der Waals surface area contributed by atoms with E-state index in [-0.39, 0.29) is 0 Å². The van der Waals surface area contributed by atoms with E-state index in [9.17, 15) is 0 Å². The summed E-state index contributed by atoms with van der Waals surface area (Å²) in [5.41, 5.74) is 29.1. The molecule has 9 rings (SSSR count). The number of benzene rings is 8. The van der Waals surface area contributed by atoms with E-state index in [4.69, 9.17) is 10.7 Å². The molecule has 0 aliphatic carbocycles. The van der Waals surface area contributed by atoms with Crippen molar-refractivity contribution in [2.45, 2.75) is 27.2 Å². The Bertz CT molecular complexity index is 3250. The summed E-state index contributed by atoms with van der Waals surface area (Å²) in [4.78, 5) is 5.41. The molecule has 0 atom stereocenters. The number of hydrogen-bond donors (Lipinski definition) is 4. The highest BCUT2D eigenvalue weighted by molar-refractivity contribution is 5.86. The molecule has 8 aromatic carbocycles. The number of aromatic nitrogens is 1. The minimum atomic E-state index is 0.741. The van der Waals surface area contributed by atoms with Crippen LogP contribution in [0.1, 0.15) is 32.0 Å². The second-order valence-corrected chi connectivity index (χ2v) is 16.7. The highest BCUT2D eigenvalue weighted by Crippen LogP contribution is 2.37. The molecule has 1 heterocycles. The van der Waals surface area contributed by atoms with Gasteiger partial charge in [0.15, 0.2) is 0 Å². The quantitative estimate of drug-likeness (QED) is 0.0646. The van der Waals surface area contributed by atoms with Gasteiger partial charge in [0, 0.05) is 60.6 Å². The van der Waals surface area contributed by atoms with Crippen molar-refractivity contribution in [1.82, 2.24) is 4.98 Å². The summed E-state index contributed by atoms with van der Waals surface area (Å²) in [7, 11) is 5.87. The first-order valence-electron chi connectivity index (χ1n) is 23.9. The average Bonchev–Trinajstić information content (AvgIpc) is 3.42. The maximum Gasteiger partial charge on any atom is 0.0715 e. The zero-order valence-electron chi connectivity index (χ0n) is 40.5. The highest BCUT2D eigenvalue weighted by Gasteiger charge is 2.13. The monoisotopic (exact) mass is 899 g/mol. The van der Waals surface area contributed by atoms with E-state index in [1.807, 2.05) is 53.2 Å². The van der Waals surface area contributed by atoms with Gasteiger partial charge in [-0.05, 0) is 153 Å². The lowest BCUT2D eigenvalue weighted by Gasteiger charge is -2.14. The SMILES string of the molecule is C/C=C\C(=C/Cc1cccc(-c2cccc(-c3cc(N)ccc3NC)c2)c1)c1cc(-c2ccccc2)cc(-c2cccc(-c3cccc(-c4cccc(-c5cc(NC)ccc5NC)c4)c3)c2)n1.CC. The molecule has 1 aromatic heterocycles. The van der Waals surface area contributed by atoms with Gasteiger partial charge in [0.25, 0.3) is 0 Å². The molecule has 0 fully saturated rings. The Morgan fingerprint density at radius 2 is 0.942 bits per heavy atom. The summed E-state index contributed by atoms with van der Waals surface area (Å²) in [6.45, 7) is 6.07. The van der Waals surface area contributed by atoms with Crippen molar-refractivity contribution in [1.29, 1.82) is 0 Å². The Hall–Kier alpha value is -8.41. The Labute approximate surface area is 409 Å². The molecule has 0 saturated carbocycles. The standard InChI is InChI=1S/C62H55N5.C2H6/c1-5-14-44(28-27-42-15-9-18-45(33-42)48-21-11-24-51(35-48)57-40-55(63)29-31-59(57)65-3)61-38-54(43-16-7-6-8-17-43)39-62(67-61)53-26-13-23-50(37-53)47-20-10-19-46(34-47)49-22-12-25-52(36-49)58-41-56(64-2)30-32-60(58)66-4;1-2/h5-26,28-41,64-66H,27,63H2,1-4H3;1-2H3/b14-5-,44-28+;. The second-order valence-electron chi connectivity index (χ2n) is 16.7. The molecule has 342 valence electrons. The Morgan fingerprint density at radius 3 is 1.52 bits per heavy atom. The molecule has 0 bridgehead atoms. The van der Waals surface area contributed by atoms with E-state index in [0.717, 1.165) is 113 Å². The van der Waals surface area contributed by atoms with Gasteiger partial charge in [0.1, 0.15) is 0 Å². The third kappa shape index (κ3) is 11.1. The number of nitrogens with zero attached hydrogens (tertiary/aromatic N) is 1. The topological polar surface area (TPSA) is 75.0 Å². The zero-order chi connectivity index (χ0) is 48.1. The van der Waals surface area contributed by atoms with Gasteiger partial charge >= 0.3 is 0 Å². The second kappa shape index (κ2) is 22.4. The van der Waals surface area contributed by atoms with Crippen LogP contribution >= 0.6 is 0 Å². The smallest absolute Gasteiger partial charge is 0.0715 e. The van der Waals surface area contributed by atoms with Crippen molar-refractivity contribution in [3.63, 3.8) is 0 Å². The first-order chi connectivity index (χ1) is 33.9. The highest BCUT2D eigenvalue weighted by atomic mass is 14.8. The maximum atomic E-state index is 6.22. The zero-order valence-corrected chi connectivity index (χ0v) is 40.5. The number of nitrogens with one attached hydrogen (secondary N) is 3. The normalized spacial score (nSPS) is 11.2. The van der Waals surface area contributed by atoms with E-state index in [1.165, 1.54) is 11.1 Å². The van der Waals surface area contributed by atoms with Gasteiger partial charge in [-0.25, -0.2) is 4.98 Å². The molecule has 5 heteroatoms. The molecular weight excluding hydrogens is 839 g/mol. The van der Waals surface area contributed by atoms with Gasteiger partial charge in [0.2, 0.25) is 0 Å². The van der Waals surface area contributed by atoms with Crippen molar-refractivity contribution in [2.24, 2.45) is 0 Å². The molecule has 0 spiro atoms. The molecule has 5 N–H and O–H groups in total. The lowest BCUT2D eigenvalue weighted by atomic mass is 9.94. The molecule has 0 amide bonds. The van der Waals surface area contributed by atoms with Crippen LogP contribution in [0.3, 0.4) is 0 Å². The number of nitrogen functional groups attached to an aromatic ring is 1. The van der Waals surface area contributed by atoms with E-state index < -0.39 is 0 Å². The van der Waals surface area contributed by atoms with E-state index in [1.54, 1.807) is 0 Å². The molecule has 0 aliphatic heterocycles. The number of hydrogen-bond acceptors (Lipinski definition) is 5. The first-order valence-corrected chi connectivity index (χ1v) is 23.9. The third-order valence-corrected chi connectivity index (χ3v) is 12.3. The lowest BCUT2D eigenvalue weighted by molar-refractivity contribution is 1.24. The molecule has 0 radical (unpaired) electrons. The van der Waals surface area contributed by atoms with Crippen LogP contribution < -0.4 is 21.7 Å². The average molecular weight is 900 g/mol. The van der Waals surface area contributed by atoms with Gasteiger partial charge < -0.3 is 21.7 Å². The van der Waals surface area contributed by atoms with Crippen LogP contribution in [0.5, 0.6) is 0 Å². The summed E-state index contributed by atoms with van der Waals surface area (Å²) in [5.74, 6) is 0. The number of rotatable bonds is 14. The van der Waals surface area contributed by atoms with Crippen molar-refractivity contribution in [2.75, 3.05) is 42.8 Å². The summed E-state index contributed by atoms with van der Waals surface area (Å²) >= 11 is 0. The Morgan fingerprint density at radius 1 is 0.449 bits per heavy atom. The predicted molar refractivity (Wildman–Crippen MR) is 300 cm³/mol. The fraction of sp³-hybridized carbons (Fsp3) is 0.109. The van der Waals surface area contributed by atoms with Gasteiger partial charge in [-0.1, -0.05) is 159 Å². The molecule has 0 saturated heterocycles. The van der Waals surface area contributed by atoms with Crippen molar-refractivity contribution in [3.05, 3.63) is 230 Å². The molecule has 69 heavy (non-hydrogen) atoms. The van der Waals surface area contributed by atoms with Crippen LogP contribution in [-0.2, 0) is 6.42 Å². The van der Waals surface area contributed by atoms with Crippen LogP contribution in [-0.4, -0.2) is 26.1 Å². The van der Waals surface area contributed by atoms with Gasteiger partial charge in [-0.2, -0.15) is 0 Å². The van der Waals surface area contributed by atoms with Crippen LogP contribution in [0, 0.1) is 0 Å². The predicted octanol–water partition coefficient (Wildman–Crippen LogP) is 16.7. The fourth-order valence-corrected chi connectivity index (χ4v) is 8.81. The maximum absolute atomic E-state index is 6.22. The number of pyridine rings is 1. The molecular formula is C64H61N5. The number of anilines is 4. The van der Waals surface area contributed by atoms with Crippen molar-refractivity contribution in [3.8, 4) is 78.0 Å². The number of allylic oxidation sites excluding steroid dienone is 4. The van der Waals surface area contributed by atoms with Crippen LogP contribution in [0.15, 0.2) is 218 Å². The molecule has 0 aliphatic rings. The van der Waals surface area contributed by atoms with Crippen molar-refractivity contribution < 1.29 is 0 Å². The summed E-state index contributed by atoms with van der Waals surface area (Å²) in [6.07, 6.45) is 7.32. The molecule has 0 unspecified atom stereocenters. The molecule has 5 nitrogen and oxygen atoms in total. The summed E-state index contributed by atoms with van der Waals surface area (Å²) < 4.78 is 0. The minimum Gasteiger partial charge on any atom is -0.399 e. The van der Waals surface area contributed by atoms with Gasteiger partial charge in [-0.3, -0.25) is 0 Å². The fourth-order valence-electron chi connectivity index (χ4n) is 8.81. The largest absolute Gasteiger partial charge is 0.399 e. The summed E-state index contributed by atoms with van der Waals surface area (Å²) in [6, 6.07) is 71.3. The van der Waals surface area contributed by atoms with E-state index >= 15 is 0 Å². The van der Waals surface area contributed by atoms with Crippen LogP contribution in [0.4, 0.5) is 22.7 Å². The molecule has 9 aromatic rings. The van der Waals surface area contributed by atoms with Gasteiger partial charge in [0.05, 0.1) is 11.4 Å².